The lowest BCUT2D eigenvalue weighted by molar-refractivity contribution is 0.0967. The summed E-state index contributed by atoms with van der Waals surface area (Å²) < 4.78 is 1.36. The van der Waals surface area contributed by atoms with E-state index in [9.17, 15) is 14.4 Å². The van der Waals surface area contributed by atoms with Crippen molar-refractivity contribution in [3.8, 4) is 0 Å². The first-order chi connectivity index (χ1) is 13.4. The molecule has 1 aromatic carbocycles. The lowest BCUT2D eigenvalue weighted by Gasteiger charge is -2.23. The quantitative estimate of drug-likeness (QED) is 0.721. The molecule has 3 amide bonds. The molecule has 3 rings (SSSR count). The van der Waals surface area contributed by atoms with Gasteiger partial charge in [0.2, 0.25) is 0 Å². The molecule has 0 bridgehead atoms. The smallest absolute Gasteiger partial charge is 0.305 e. The Morgan fingerprint density at radius 1 is 1.07 bits per heavy atom. The maximum Gasteiger partial charge on any atom is 0.326 e. The van der Waals surface area contributed by atoms with Crippen molar-refractivity contribution in [1.82, 2.24) is 15.1 Å². The lowest BCUT2D eigenvalue weighted by atomic mass is 9.96. The van der Waals surface area contributed by atoms with Crippen molar-refractivity contribution in [3.05, 3.63) is 55.4 Å². The van der Waals surface area contributed by atoms with Crippen molar-refractivity contribution in [2.75, 3.05) is 5.32 Å². The molecule has 1 aliphatic carbocycles. The first-order valence-corrected chi connectivity index (χ1v) is 9.85. The van der Waals surface area contributed by atoms with Gasteiger partial charge in [-0.25, -0.2) is 9.48 Å². The predicted molar refractivity (Wildman–Crippen MR) is 109 cm³/mol. The molecule has 28 heavy (non-hydrogen) atoms. The minimum absolute atomic E-state index is 0.00516. The summed E-state index contributed by atoms with van der Waals surface area (Å²) in [6.45, 7) is 0. The number of hydrogen-bond acceptors (Lipinski definition) is 4. The van der Waals surface area contributed by atoms with E-state index < -0.39 is 17.5 Å². The highest BCUT2D eigenvalue weighted by Crippen LogP contribution is 2.27. The molecule has 7 nitrogen and oxygen atoms in total. The Bertz CT molecular complexity index is 951. The van der Waals surface area contributed by atoms with Gasteiger partial charge in [0.05, 0.1) is 33.5 Å². The van der Waals surface area contributed by atoms with Crippen LogP contribution in [0.1, 0.15) is 48.5 Å². The van der Waals surface area contributed by atoms with Gasteiger partial charge in [-0.2, -0.15) is 5.10 Å². The number of carbonyl (C=O) groups is 2. The molecule has 1 aliphatic rings. The van der Waals surface area contributed by atoms with Crippen LogP contribution in [0, 0.1) is 0 Å². The van der Waals surface area contributed by atoms with Gasteiger partial charge in [-0.1, -0.05) is 60.1 Å². The van der Waals surface area contributed by atoms with E-state index in [-0.39, 0.29) is 32.4 Å². The van der Waals surface area contributed by atoms with Crippen molar-refractivity contribution < 1.29 is 9.59 Å². The molecule has 0 saturated heterocycles. The average molecular weight is 444 g/mol. The largest absolute Gasteiger partial charge is 0.326 e. The molecule has 1 fully saturated rings. The zero-order valence-electron chi connectivity index (χ0n) is 14.7. The number of aromatic nitrogens is 2. The number of amides is 3. The summed E-state index contributed by atoms with van der Waals surface area (Å²) >= 11 is 18.0. The third-order valence-corrected chi connectivity index (χ3v) is 5.52. The number of carbonyl (C=O) groups excluding carboxylic acids is 2. The van der Waals surface area contributed by atoms with Crippen LogP contribution in [0.15, 0.2) is 29.2 Å². The number of hydrogen-bond donors (Lipinski definition) is 2. The highest BCUT2D eigenvalue weighted by atomic mass is 35.5. The Balaban J connectivity index is 1.73. The maximum atomic E-state index is 12.5. The number of nitrogens with zero attached hydrogens (tertiary/aromatic N) is 2. The molecule has 0 radical (unpaired) electrons. The van der Waals surface area contributed by atoms with E-state index in [2.05, 4.69) is 15.7 Å². The van der Waals surface area contributed by atoms with Crippen LogP contribution in [0.3, 0.4) is 0 Å². The second-order valence-corrected chi connectivity index (χ2v) is 7.61. The Morgan fingerprint density at radius 3 is 2.36 bits per heavy atom. The second kappa shape index (κ2) is 8.94. The van der Waals surface area contributed by atoms with E-state index in [0.29, 0.717) is 0 Å². The number of rotatable bonds is 3. The van der Waals surface area contributed by atoms with Crippen LogP contribution in [0.4, 0.5) is 10.5 Å². The highest BCUT2D eigenvalue weighted by molar-refractivity contribution is 6.40. The molecule has 0 atom stereocenters. The number of urea groups is 1. The van der Waals surface area contributed by atoms with E-state index in [1.54, 1.807) is 6.07 Å². The fraction of sp³-hybridized carbons (Fsp3) is 0.333. The van der Waals surface area contributed by atoms with Crippen LogP contribution in [0.5, 0.6) is 0 Å². The summed E-state index contributed by atoms with van der Waals surface area (Å²) in [6.07, 6.45) is 6.23. The molecule has 2 N–H and O–H groups in total. The van der Waals surface area contributed by atoms with E-state index in [1.807, 2.05) is 0 Å². The Hall–Kier alpha value is -2.09. The molecule has 0 unspecified atom stereocenters. The summed E-state index contributed by atoms with van der Waals surface area (Å²) in [7, 11) is 0. The molecule has 1 aromatic heterocycles. The van der Waals surface area contributed by atoms with Crippen molar-refractivity contribution in [2.45, 2.75) is 38.1 Å². The van der Waals surface area contributed by atoms with Gasteiger partial charge in [-0.15, -0.1) is 0 Å². The second-order valence-electron chi connectivity index (χ2n) is 6.42. The molecular weight excluding hydrogens is 427 g/mol. The van der Waals surface area contributed by atoms with Crippen LogP contribution in [0.2, 0.25) is 15.1 Å². The number of halogens is 3. The topological polar surface area (TPSA) is 93.1 Å². The SMILES string of the molecule is O=C(NC(=O)c1c(Cl)cccc1Cl)Nc1cnn(C2CCCCC2)c(=O)c1Cl. The summed E-state index contributed by atoms with van der Waals surface area (Å²) in [5.41, 5.74) is -0.501. The molecular formula is C18H17Cl3N4O3. The number of benzene rings is 1. The summed E-state index contributed by atoms with van der Waals surface area (Å²) in [6, 6.07) is 3.65. The summed E-state index contributed by atoms with van der Waals surface area (Å²) in [5, 5.41) is 8.63. The first kappa shape index (κ1) is 20.6. The monoisotopic (exact) mass is 442 g/mol. The van der Waals surface area contributed by atoms with Crippen molar-refractivity contribution in [3.63, 3.8) is 0 Å². The van der Waals surface area contributed by atoms with Crippen LogP contribution in [-0.2, 0) is 0 Å². The van der Waals surface area contributed by atoms with Crippen molar-refractivity contribution >= 4 is 52.4 Å². The number of imide groups is 1. The lowest BCUT2D eigenvalue weighted by Crippen LogP contribution is -2.36. The predicted octanol–water partition coefficient (Wildman–Crippen LogP) is 4.67. The van der Waals surface area contributed by atoms with Gasteiger partial charge in [0.15, 0.2) is 0 Å². The van der Waals surface area contributed by atoms with E-state index in [1.165, 1.54) is 23.0 Å². The third-order valence-electron chi connectivity index (χ3n) is 4.53. The van der Waals surface area contributed by atoms with Gasteiger partial charge < -0.3 is 5.32 Å². The number of nitrogens with one attached hydrogen (secondary N) is 2. The molecule has 10 heteroatoms. The van der Waals surface area contributed by atoms with Gasteiger partial charge in [0.25, 0.3) is 11.5 Å². The van der Waals surface area contributed by atoms with Crippen LogP contribution < -0.4 is 16.2 Å². The van der Waals surface area contributed by atoms with E-state index >= 15 is 0 Å². The summed E-state index contributed by atoms with van der Waals surface area (Å²) in [4.78, 5) is 36.9. The van der Waals surface area contributed by atoms with E-state index in [0.717, 1.165) is 32.1 Å². The number of anilines is 1. The standard InChI is InChI=1S/C18H17Cl3N4O3/c19-11-7-4-8-12(20)14(11)16(26)24-18(28)23-13-9-22-25(17(27)15(13)21)10-5-2-1-3-6-10/h4,7-10H,1-3,5-6H2,(H2,23,24,26,28). The summed E-state index contributed by atoms with van der Waals surface area (Å²) in [5.74, 6) is -0.785. The van der Waals surface area contributed by atoms with Crippen LogP contribution >= 0.6 is 34.8 Å². The minimum atomic E-state index is -0.889. The van der Waals surface area contributed by atoms with E-state index in [4.69, 9.17) is 34.8 Å². The van der Waals surface area contributed by atoms with Gasteiger partial charge in [0, 0.05) is 0 Å². The van der Waals surface area contributed by atoms with Crippen LogP contribution in [0.25, 0.3) is 0 Å². The fourth-order valence-electron chi connectivity index (χ4n) is 3.15. The van der Waals surface area contributed by atoms with Gasteiger partial charge in [-0.05, 0) is 25.0 Å². The molecule has 0 aliphatic heterocycles. The normalized spacial score (nSPS) is 14.5. The third kappa shape index (κ3) is 4.48. The Morgan fingerprint density at radius 2 is 1.71 bits per heavy atom. The molecule has 1 heterocycles. The van der Waals surface area contributed by atoms with Crippen molar-refractivity contribution in [2.24, 2.45) is 0 Å². The van der Waals surface area contributed by atoms with Gasteiger partial charge >= 0.3 is 6.03 Å². The zero-order valence-corrected chi connectivity index (χ0v) is 16.9. The van der Waals surface area contributed by atoms with Crippen molar-refractivity contribution in [1.29, 1.82) is 0 Å². The highest BCUT2D eigenvalue weighted by Gasteiger charge is 2.21. The molecule has 0 spiro atoms. The van der Waals surface area contributed by atoms with Gasteiger partial charge in [-0.3, -0.25) is 14.9 Å². The Kier molecular flexibility index (Phi) is 6.59. The zero-order chi connectivity index (χ0) is 20.3. The molecule has 148 valence electrons. The first-order valence-electron chi connectivity index (χ1n) is 8.72. The molecule has 2 aromatic rings. The fourth-order valence-corrected chi connectivity index (χ4v) is 3.90. The van der Waals surface area contributed by atoms with Gasteiger partial charge in [0.1, 0.15) is 5.02 Å². The minimum Gasteiger partial charge on any atom is -0.305 e. The van der Waals surface area contributed by atoms with Crippen LogP contribution in [-0.4, -0.2) is 21.7 Å². The average Bonchev–Trinajstić information content (AvgIpc) is 2.66. The maximum absolute atomic E-state index is 12.5. The molecule has 1 saturated carbocycles. The Labute approximate surface area is 176 Å².